The van der Waals surface area contributed by atoms with Crippen LogP contribution in [0.3, 0.4) is 0 Å². The SMILES string of the molecule is CCNc1ncc(S(=O)(=O)Nc2c(C)cccc2F)cn1. The first-order valence-corrected chi connectivity index (χ1v) is 7.76. The number of para-hydroxylation sites is 1. The second-order valence-corrected chi connectivity index (χ2v) is 5.99. The van der Waals surface area contributed by atoms with Crippen molar-refractivity contribution in [3.8, 4) is 0 Å². The molecule has 0 aliphatic carbocycles. The zero-order chi connectivity index (χ0) is 15.5. The van der Waals surface area contributed by atoms with Crippen LogP contribution in [0.5, 0.6) is 0 Å². The fourth-order valence-corrected chi connectivity index (χ4v) is 2.69. The second-order valence-electron chi connectivity index (χ2n) is 4.31. The predicted octanol–water partition coefficient (Wildman–Crippen LogP) is 2.16. The van der Waals surface area contributed by atoms with Crippen molar-refractivity contribution < 1.29 is 12.8 Å². The van der Waals surface area contributed by atoms with Crippen LogP contribution in [0, 0.1) is 12.7 Å². The van der Waals surface area contributed by atoms with Crippen LogP contribution in [0.4, 0.5) is 16.0 Å². The van der Waals surface area contributed by atoms with Gasteiger partial charge in [0.15, 0.2) is 0 Å². The molecule has 0 aliphatic heterocycles. The number of anilines is 2. The number of halogens is 1. The first-order valence-electron chi connectivity index (χ1n) is 6.28. The smallest absolute Gasteiger partial charge is 0.265 e. The quantitative estimate of drug-likeness (QED) is 0.884. The molecule has 112 valence electrons. The van der Waals surface area contributed by atoms with E-state index in [1.165, 1.54) is 24.5 Å². The topological polar surface area (TPSA) is 84.0 Å². The molecular formula is C13H15FN4O2S. The number of hydrogen-bond donors (Lipinski definition) is 2. The summed E-state index contributed by atoms with van der Waals surface area (Å²) < 4.78 is 40.3. The number of aryl methyl sites for hydroxylation is 1. The van der Waals surface area contributed by atoms with Crippen LogP contribution in [-0.4, -0.2) is 24.9 Å². The van der Waals surface area contributed by atoms with Crippen molar-refractivity contribution in [1.29, 1.82) is 0 Å². The molecule has 0 radical (unpaired) electrons. The molecule has 1 aromatic carbocycles. The number of nitrogens with one attached hydrogen (secondary N) is 2. The standard InChI is InChI=1S/C13H15FN4O2S/c1-3-15-13-16-7-10(8-17-13)21(19,20)18-12-9(2)5-4-6-11(12)14/h4-8,18H,3H2,1-2H3,(H,15,16,17). The van der Waals surface area contributed by atoms with Gasteiger partial charge in [-0.25, -0.2) is 22.8 Å². The molecule has 1 heterocycles. The Balaban J connectivity index is 2.30. The van der Waals surface area contributed by atoms with Crippen molar-refractivity contribution in [2.45, 2.75) is 18.7 Å². The maximum Gasteiger partial charge on any atom is 0.265 e. The predicted molar refractivity (Wildman–Crippen MR) is 78.1 cm³/mol. The van der Waals surface area contributed by atoms with Gasteiger partial charge in [0.2, 0.25) is 5.95 Å². The van der Waals surface area contributed by atoms with E-state index in [9.17, 15) is 12.8 Å². The van der Waals surface area contributed by atoms with Gasteiger partial charge in [0, 0.05) is 6.54 Å². The van der Waals surface area contributed by atoms with Gasteiger partial charge in [0.1, 0.15) is 10.7 Å². The number of aromatic nitrogens is 2. The van der Waals surface area contributed by atoms with E-state index in [1.54, 1.807) is 13.0 Å². The lowest BCUT2D eigenvalue weighted by Gasteiger charge is -2.11. The molecule has 0 fully saturated rings. The molecule has 8 heteroatoms. The van der Waals surface area contributed by atoms with Gasteiger partial charge in [-0.1, -0.05) is 12.1 Å². The van der Waals surface area contributed by atoms with Crippen molar-refractivity contribution in [1.82, 2.24) is 9.97 Å². The zero-order valence-electron chi connectivity index (χ0n) is 11.6. The Hall–Kier alpha value is -2.22. The van der Waals surface area contributed by atoms with Crippen molar-refractivity contribution in [2.24, 2.45) is 0 Å². The van der Waals surface area contributed by atoms with Crippen molar-refractivity contribution in [3.05, 3.63) is 42.0 Å². The molecule has 0 saturated heterocycles. The van der Waals surface area contributed by atoms with Gasteiger partial charge < -0.3 is 5.32 Å². The Kier molecular flexibility index (Phi) is 4.37. The van der Waals surface area contributed by atoms with E-state index in [0.29, 0.717) is 18.1 Å². The molecule has 2 rings (SSSR count). The molecule has 6 nitrogen and oxygen atoms in total. The highest BCUT2D eigenvalue weighted by Crippen LogP contribution is 2.22. The fraction of sp³-hybridized carbons (Fsp3) is 0.231. The lowest BCUT2D eigenvalue weighted by molar-refractivity contribution is 0.597. The summed E-state index contributed by atoms with van der Waals surface area (Å²) in [5.41, 5.74) is 0.414. The lowest BCUT2D eigenvalue weighted by Crippen LogP contribution is -2.16. The highest BCUT2D eigenvalue weighted by atomic mass is 32.2. The van der Waals surface area contributed by atoms with Gasteiger partial charge in [-0.3, -0.25) is 4.72 Å². The summed E-state index contributed by atoms with van der Waals surface area (Å²) in [6, 6.07) is 4.32. The molecule has 0 amide bonds. The highest BCUT2D eigenvalue weighted by Gasteiger charge is 2.18. The molecule has 0 saturated carbocycles. The molecule has 0 aliphatic rings. The Labute approximate surface area is 122 Å². The first-order chi connectivity index (χ1) is 9.94. The average molecular weight is 310 g/mol. The summed E-state index contributed by atoms with van der Waals surface area (Å²) in [7, 11) is -3.93. The minimum atomic E-state index is -3.93. The Bertz CT molecular complexity index is 712. The molecule has 0 spiro atoms. The number of hydrogen-bond acceptors (Lipinski definition) is 5. The summed E-state index contributed by atoms with van der Waals surface area (Å²) >= 11 is 0. The lowest BCUT2D eigenvalue weighted by atomic mass is 10.2. The summed E-state index contributed by atoms with van der Waals surface area (Å²) in [5, 5.41) is 2.86. The van der Waals surface area contributed by atoms with Gasteiger partial charge >= 0.3 is 0 Å². The monoisotopic (exact) mass is 310 g/mol. The third-order valence-corrected chi connectivity index (χ3v) is 4.04. The first kappa shape index (κ1) is 15.2. The molecule has 0 bridgehead atoms. The van der Waals surface area contributed by atoms with Crippen LogP contribution < -0.4 is 10.0 Å². The van der Waals surface area contributed by atoms with E-state index in [4.69, 9.17) is 0 Å². The van der Waals surface area contributed by atoms with Gasteiger partial charge in [-0.15, -0.1) is 0 Å². The zero-order valence-corrected chi connectivity index (χ0v) is 12.4. The van der Waals surface area contributed by atoms with E-state index in [2.05, 4.69) is 20.0 Å². The Morgan fingerprint density at radius 3 is 2.48 bits per heavy atom. The van der Waals surface area contributed by atoms with Crippen molar-refractivity contribution in [2.75, 3.05) is 16.6 Å². The molecule has 2 N–H and O–H groups in total. The summed E-state index contributed by atoms with van der Waals surface area (Å²) in [6.07, 6.45) is 2.34. The van der Waals surface area contributed by atoms with Gasteiger partial charge in [-0.05, 0) is 25.5 Å². The van der Waals surface area contributed by atoms with Gasteiger partial charge in [0.25, 0.3) is 10.0 Å². The molecule has 0 atom stereocenters. The summed E-state index contributed by atoms with van der Waals surface area (Å²) in [5.74, 6) is -0.303. The van der Waals surface area contributed by atoms with Crippen LogP contribution in [0.15, 0.2) is 35.5 Å². The van der Waals surface area contributed by atoms with Crippen LogP contribution >= 0.6 is 0 Å². The Morgan fingerprint density at radius 2 is 1.90 bits per heavy atom. The maximum absolute atomic E-state index is 13.7. The minimum absolute atomic E-state index is 0.0757. The maximum atomic E-state index is 13.7. The molecule has 2 aromatic rings. The summed E-state index contributed by atoms with van der Waals surface area (Å²) in [4.78, 5) is 7.64. The number of benzene rings is 1. The van der Waals surface area contributed by atoms with Crippen LogP contribution in [-0.2, 0) is 10.0 Å². The third-order valence-electron chi connectivity index (χ3n) is 2.73. The van der Waals surface area contributed by atoms with Crippen LogP contribution in [0.1, 0.15) is 12.5 Å². The fourth-order valence-electron chi connectivity index (χ4n) is 1.66. The molecular weight excluding hydrogens is 295 g/mol. The largest absolute Gasteiger partial charge is 0.355 e. The molecule has 21 heavy (non-hydrogen) atoms. The second kappa shape index (κ2) is 6.04. The molecule has 0 unspecified atom stereocenters. The number of sulfonamides is 1. The van der Waals surface area contributed by atoms with E-state index >= 15 is 0 Å². The number of nitrogens with zero attached hydrogens (tertiary/aromatic N) is 2. The third kappa shape index (κ3) is 3.46. The van der Waals surface area contributed by atoms with Crippen molar-refractivity contribution in [3.63, 3.8) is 0 Å². The summed E-state index contributed by atoms with van der Waals surface area (Å²) in [6.45, 7) is 4.11. The number of rotatable bonds is 5. The van der Waals surface area contributed by atoms with Gasteiger partial charge in [0.05, 0.1) is 18.1 Å². The average Bonchev–Trinajstić information content (AvgIpc) is 2.44. The van der Waals surface area contributed by atoms with E-state index < -0.39 is 15.8 Å². The van der Waals surface area contributed by atoms with Crippen molar-refractivity contribution >= 4 is 21.7 Å². The minimum Gasteiger partial charge on any atom is -0.355 e. The van der Waals surface area contributed by atoms with E-state index in [1.807, 2.05) is 6.92 Å². The highest BCUT2D eigenvalue weighted by molar-refractivity contribution is 7.92. The van der Waals surface area contributed by atoms with Gasteiger partial charge in [-0.2, -0.15) is 0 Å². The van der Waals surface area contributed by atoms with Crippen LogP contribution in [0.25, 0.3) is 0 Å². The normalized spacial score (nSPS) is 11.2. The molecule has 1 aromatic heterocycles. The van der Waals surface area contributed by atoms with E-state index in [-0.39, 0.29) is 10.6 Å². The van der Waals surface area contributed by atoms with Crippen LogP contribution in [0.2, 0.25) is 0 Å². The van der Waals surface area contributed by atoms with E-state index in [0.717, 1.165) is 0 Å². The Morgan fingerprint density at radius 1 is 1.24 bits per heavy atom.